The highest BCUT2D eigenvalue weighted by molar-refractivity contribution is 6.61. The summed E-state index contributed by atoms with van der Waals surface area (Å²) in [4.78, 5) is 12.1. The number of carbonyl (C=O) groups is 1. The molecule has 0 radical (unpaired) electrons. The first kappa shape index (κ1) is 16.4. The summed E-state index contributed by atoms with van der Waals surface area (Å²) in [5, 5.41) is 15.7. The first-order chi connectivity index (χ1) is 10.9. The molecule has 0 spiro atoms. The highest BCUT2D eigenvalue weighted by Crippen LogP contribution is 2.33. The highest BCUT2D eigenvalue weighted by Gasteiger charge is 2.27. The van der Waals surface area contributed by atoms with E-state index in [1.54, 1.807) is 18.2 Å². The third kappa shape index (κ3) is 3.57. The van der Waals surface area contributed by atoms with Crippen LogP contribution in [-0.2, 0) is 11.3 Å². The number of amides is 2. The van der Waals surface area contributed by atoms with Crippen LogP contribution in [0.5, 0.6) is 0 Å². The lowest BCUT2D eigenvalue weighted by molar-refractivity contribution is 0.262. The van der Waals surface area contributed by atoms with Crippen molar-refractivity contribution in [2.75, 3.05) is 10.6 Å². The predicted octanol–water partition coefficient (Wildman–Crippen LogP) is 3.51. The second kappa shape index (κ2) is 6.59. The molecule has 0 atom stereocenters. The summed E-state index contributed by atoms with van der Waals surface area (Å²) >= 11 is 17.9. The van der Waals surface area contributed by atoms with Gasteiger partial charge in [-0.05, 0) is 35.3 Å². The topological polar surface area (TPSA) is 70.6 Å². The summed E-state index contributed by atoms with van der Waals surface area (Å²) in [6.07, 6.45) is 0. The molecule has 0 bridgehead atoms. The number of hydrogen-bond acceptors (Lipinski definition) is 3. The van der Waals surface area contributed by atoms with Crippen LogP contribution < -0.4 is 16.1 Å². The van der Waals surface area contributed by atoms with E-state index in [0.717, 1.165) is 5.56 Å². The summed E-state index contributed by atoms with van der Waals surface area (Å²) in [7, 11) is -0.977. The lowest BCUT2D eigenvalue weighted by Crippen LogP contribution is -2.29. The number of anilines is 2. The van der Waals surface area contributed by atoms with Crippen molar-refractivity contribution in [2.45, 2.75) is 6.61 Å². The van der Waals surface area contributed by atoms with Gasteiger partial charge in [-0.2, -0.15) is 0 Å². The van der Waals surface area contributed by atoms with Crippen molar-refractivity contribution in [2.24, 2.45) is 0 Å². The summed E-state index contributed by atoms with van der Waals surface area (Å²) < 4.78 is 5.10. The molecule has 0 fully saturated rings. The van der Waals surface area contributed by atoms with Gasteiger partial charge < -0.3 is 20.3 Å². The Hall–Kier alpha value is -1.44. The van der Waals surface area contributed by atoms with Crippen molar-refractivity contribution < 1.29 is 14.5 Å². The minimum absolute atomic E-state index is 0.232. The second-order valence-electron chi connectivity index (χ2n) is 4.90. The fraction of sp³-hybridized carbons (Fsp3) is 0.0714. The lowest BCUT2D eigenvalue weighted by atomic mass is 9.79. The Balaban J connectivity index is 1.75. The van der Waals surface area contributed by atoms with Gasteiger partial charge in [0.05, 0.1) is 22.3 Å². The van der Waals surface area contributed by atoms with E-state index in [1.807, 2.05) is 0 Å². The van der Waals surface area contributed by atoms with E-state index in [0.29, 0.717) is 22.8 Å². The number of fused-ring (bicyclic) bond motifs is 1. The molecule has 118 valence electrons. The van der Waals surface area contributed by atoms with Crippen molar-refractivity contribution in [3.05, 3.63) is 51.0 Å². The van der Waals surface area contributed by atoms with Gasteiger partial charge in [0, 0.05) is 10.7 Å². The van der Waals surface area contributed by atoms with Crippen LogP contribution in [0.2, 0.25) is 15.1 Å². The fourth-order valence-corrected chi connectivity index (χ4v) is 3.14. The molecule has 2 amide bonds. The van der Waals surface area contributed by atoms with Crippen LogP contribution in [0.15, 0.2) is 30.3 Å². The monoisotopic (exact) mass is 370 g/mol. The molecular weight excluding hydrogens is 361 g/mol. The van der Waals surface area contributed by atoms with Crippen molar-refractivity contribution in [1.29, 1.82) is 0 Å². The Morgan fingerprint density at radius 3 is 2.52 bits per heavy atom. The largest absolute Gasteiger partial charge is 0.491 e. The minimum atomic E-state index is -0.977. The Morgan fingerprint density at radius 1 is 1.13 bits per heavy atom. The van der Waals surface area contributed by atoms with Gasteiger partial charge in [-0.15, -0.1) is 0 Å². The number of hydrogen-bond donors (Lipinski definition) is 3. The molecule has 2 aromatic carbocycles. The second-order valence-corrected chi connectivity index (χ2v) is 6.15. The quantitative estimate of drug-likeness (QED) is 0.708. The lowest BCUT2D eigenvalue weighted by Gasteiger charge is -2.12. The van der Waals surface area contributed by atoms with Crippen LogP contribution in [0.3, 0.4) is 0 Å². The van der Waals surface area contributed by atoms with Crippen LogP contribution in [0, 0.1) is 0 Å². The van der Waals surface area contributed by atoms with E-state index in [1.165, 1.54) is 12.1 Å². The maximum Gasteiger partial charge on any atom is 0.491 e. The van der Waals surface area contributed by atoms with Crippen molar-refractivity contribution in [3.8, 4) is 0 Å². The number of rotatable bonds is 2. The van der Waals surface area contributed by atoms with Crippen molar-refractivity contribution in [3.63, 3.8) is 0 Å². The van der Waals surface area contributed by atoms with E-state index in [2.05, 4.69) is 10.6 Å². The zero-order chi connectivity index (χ0) is 16.6. The summed E-state index contributed by atoms with van der Waals surface area (Å²) in [6, 6.07) is 7.58. The van der Waals surface area contributed by atoms with Gasteiger partial charge in [-0.25, -0.2) is 4.79 Å². The number of halogens is 3. The standard InChI is InChI=1S/C14H10BCl3N2O3/c16-8-3-11(17)13(12(18)4-8)20-14(21)19-9-2-1-7-6-23-15(22)10(7)5-9/h1-5,22H,6H2,(H2,19,20,21). The van der Waals surface area contributed by atoms with Gasteiger partial charge in [-0.3, -0.25) is 0 Å². The first-order valence-corrected chi connectivity index (χ1v) is 7.72. The van der Waals surface area contributed by atoms with Crippen LogP contribution >= 0.6 is 34.8 Å². The van der Waals surface area contributed by atoms with Crippen LogP contribution in [0.4, 0.5) is 16.2 Å². The maximum absolute atomic E-state index is 12.1. The molecular formula is C14H10BCl3N2O3. The zero-order valence-corrected chi connectivity index (χ0v) is 13.8. The molecule has 1 heterocycles. The van der Waals surface area contributed by atoms with Crippen LogP contribution in [0.25, 0.3) is 0 Å². The molecule has 0 saturated heterocycles. The Morgan fingerprint density at radius 2 is 1.83 bits per heavy atom. The van der Waals surface area contributed by atoms with Crippen molar-refractivity contribution in [1.82, 2.24) is 0 Å². The Bertz CT molecular complexity index is 765. The third-order valence-corrected chi connectivity index (χ3v) is 4.13. The third-order valence-electron chi connectivity index (χ3n) is 3.31. The molecule has 3 N–H and O–H groups in total. The van der Waals surface area contributed by atoms with Crippen LogP contribution in [-0.4, -0.2) is 18.2 Å². The average molecular weight is 371 g/mol. The fourth-order valence-electron chi connectivity index (χ4n) is 2.23. The van der Waals surface area contributed by atoms with Crippen LogP contribution in [0.1, 0.15) is 5.56 Å². The smallest absolute Gasteiger partial charge is 0.423 e. The van der Waals surface area contributed by atoms with E-state index < -0.39 is 13.1 Å². The normalized spacial score (nSPS) is 13.0. The Kier molecular flexibility index (Phi) is 4.70. The maximum atomic E-state index is 12.1. The number of nitrogens with one attached hydrogen (secondary N) is 2. The molecule has 0 aliphatic carbocycles. The minimum Gasteiger partial charge on any atom is -0.423 e. The molecule has 0 aromatic heterocycles. The predicted molar refractivity (Wildman–Crippen MR) is 93.0 cm³/mol. The van der Waals surface area contributed by atoms with Gasteiger partial charge in [0.2, 0.25) is 0 Å². The molecule has 1 aliphatic rings. The summed E-state index contributed by atoms with van der Waals surface area (Å²) in [6.45, 7) is 0.346. The summed E-state index contributed by atoms with van der Waals surface area (Å²) in [5.74, 6) is 0. The number of urea groups is 1. The Labute approximate surface area is 147 Å². The highest BCUT2D eigenvalue weighted by atomic mass is 35.5. The molecule has 0 unspecified atom stereocenters. The first-order valence-electron chi connectivity index (χ1n) is 6.59. The van der Waals surface area contributed by atoms with Gasteiger partial charge in [-0.1, -0.05) is 40.9 Å². The molecule has 5 nitrogen and oxygen atoms in total. The average Bonchev–Trinajstić information content (AvgIpc) is 2.84. The van der Waals surface area contributed by atoms with Gasteiger partial charge in [0.25, 0.3) is 0 Å². The van der Waals surface area contributed by atoms with Gasteiger partial charge in [0.15, 0.2) is 0 Å². The number of benzene rings is 2. The molecule has 1 aliphatic heterocycles. The zero-order valence-electron chi connectivity index (χ0n) is 11.6. The van der Waals surface area contributed by atoms with E-state index in [9.17, 15) is 9.82 Å². The van der Waals surface area contributed by atoms with E-state index in [-0.39, 0.29) is 15.7 Å². The number of carbonyl (C=O) groups excluding carboxylic acids is 1. The van der Waals surface area contributed by atoms with E-state index in [4.69, 9.17) is 39.5 Å². The summed E-state index contributed by atoms with van der Waals surface area (Å²) in [5.41, 5.74) is 2.28. The van der Waals surface area contributed by atoms with Gasteiger partial charge >= 0.3 is 13.1 Å². The SMILES string of the molecule is O=C(Nc1ccc2c(c1)B(O)OC2)Nc1c(Cl)cc(Cl)cc1Cl. The van der Waals surface area contributed by atoms with Crippen molar-refractivity contribution >= 4 is 64.8 Å². The molecule has 23 heavy (non-hydrogen) atoms. The van der Waals surface area contributed by atoms with E-state index >= 15 is 0 Å². The molecule has 2 aromatic rings. The van der Waals surface area contributed by atoms with Gasteiger partial charge in [0.1, 0.15) is 0 Å². The molecule has 0 saturated carbocycles. The molecule has 9 heteroatoms. The molecule has 3 rings (SSSR count).